The summed E-state index contributed by atoms with van der Waals surface area (Å²) in [4.78, 5) is 11.3. The Hall–Kier alpha value is -1.46. The molecule has 2 aromatic heterocycles. The minimum atomic E-state index is 0.0653. The first-order valence-electron chi connectivity index (χ1n) is 5.45. The fourth-order valence-electron chi connectivity index (χ4n) is 1.49. The van der Waals surface area contributed by atoms with E-state index in [1.54, 1.807) is 6.20 Å². The van der Waals surface area contributed by atoms with E-state index in [-0.39, 0.29) is 6.61 Å². The van der Waals surface area contributed by atoms with Gasteiger partial charge in [-0.05, 0) is 24.1 Å². The topological polar surface area (TPSA) is 49.2 Å². The third-order valence-corrected chi connectivity index (χ3v) is 3.61. The number of rotatable bonds is 5. The Kier molecular flexibility index (Phi) is 4.06. The van der Waals surface area contributed by atoms with Gasteiger partial charge in [-0.15, -0.1) is 0 Å². The van der Waals surface area contributed by atoms with Gasteiger partial charge < -0.3 is 10.0 Å². The van der Waals surface area contributed by atoms with Crippen molar-refractivity contribution in [3.05, 3.63) is 41.2 Å². The molecule has 2 heterocycles. The maximum atomic E-state index is 8.99. The molecule has 0 bridgehead atoms. The molecule has 0 saturated carbocycles. The van der Waals surface area contributed by atoms with Gasteiger partial charge in [0.1, 0.15) is 0 Å². The van der Waals surface area contributed by atoms with Crippen molar-refractivity contribution >= 4 is 16.5 Å². The van der Waals surface area contributed by atoms with Crippen molar-refractivity contribution in [3.8, 4) is 0 Å². The number of nitrogens with zero attached hydrogens (tertiary/aromatic N) is 3. The lowest BCUT2D eigenvalue weighted by molar-refractivity contribution is 0.285. The summed E-state index contributed by atoms with van der Waals surface area (Å²) >= 11 is 1.53. The van der Waals surface area contributed by atoms with Gasteiger partial charge in [-0.25, -0.2) is 4.98 Å². The van der Waals surface area contributed by atoms with Crippen molar-refractivity contribution in [1.29, 1.82) is 0 Å². The van der Waals surface area contributed by atoms with Crippen LogP contribution in [0, 0.1) is 0 Å². The molecular weight excluding hydrogens is 234 g/mol. The van der Waals surface area contributed by atoms with Gasteiger partial charge in [0.25, 0.3) is 0 Å². The molecule has 5 heteroatoms. The van der Waals surface area contributed by atoms with Crippen LogP contribution in [0.5, 0.6) is 0 Å². The Balaban J connectivity index is 1.91. The predicted molar refractivity (Wildman–Crippen MR) is 69.2 cm³/mol. The number of anilines is 1. The minimum absolute atomic E-state index is 0.0653. The van der Waals surface area contributed by atoms with E-state index in [0.29, 0.717) is 0 Å². The summed E-state index contributed by atoms with van der Waals surface area (Å²) in [6, 6.07) is 4.05. The van der Waals surface area contributed by atoms with Crippen LogP contribution in [0.2, 0.25) is 0 Å². The average molecular weight is 249 g/mol. The third-order valence-electron chi connectivity index (χ3n) is 2.51. The second kappa shape index (κ2) is 5.75. The summed E-state index contributed by atoms with van der Waals surface area (Å²) < 4.78 is 0. The van der Waals surface area contributed by atoms with Crippen LogP contribution < -0.4 is 4.90 Å². The lowest BCUT2D eigenvalue weighted by Crippen LogP contribution is -2.19. The van der Waals surface area contributed by atoms with Crippen LogP contribution in [0.3, 0.4) is 0 Å². The molecule has 0 spiro atoms. The van der Waals surface area contributed by atoms with Gasteiger partial charge in [0.15, 0.2) is 5.13 Å². The van der Waals surface area contributed by atoms with E-state index in [2.05, 4.69) is 14.9 Å². The van der Waals surface area contributed by atoms with Crippen LogP contribution in [-0.4, -0.2) is 28.7 Å². The molecule has 0 unspecified atom stereocenters. The summed E-state index contributed by atoms with van der Waals surface area (Å²) in [5.74, 6) is 0. The molecule has 0 aromatic carbocycles. The maximum absolute atomic E-state index is 8.99. The highest BCUT2D eigenvalue weighted by Crippen LogP contribution is 2.21. The lowest BCUT2D eigenvalue weighted by Gasteiger charge is -2.15. The fraction of sp³-hybridized carbons (Fsp3) is 0.333. The number of hydrogen-bond donors (Lipinski definition) is 1. The Bertz CT molecular complexity index is 458. The molecule has 0 radical (unpaired) electrons. The highest BCUT2D eigenvalue weighted by atomic mass is 32.1. The highest BCUT2D eigenvalue weighted by molar-refractivity contribution is 7.15. The van der Waals surface area contributed by atoms with Gasteiger partial charge in [0.05, 0.1) is 11.5 Å². The van der Waals surface area contributed by atoms with E-state index >= 15 is 0 Å². The fourth-order valence-corrected chi connectivity index (χ4v) is 2.25. The largest absolute Gasteiger partial charge is 0.391 e. The molecule has 0 saturated heterocycles. The van der Waals surface area contributed by atoms with Gasteiger partial charge in [0, 0.05) is 32.2 Å². The van der Waals surface area contributed by atoms with Gasteiger partial charge in [-0.2, -0.15) is 0 Å². The zero-order valence-corrected chi connectivity index (χ0v) is 10.5. The van der Waals surface area contributed by atoms with Crippen LogP contribution in [0.4, 0.5) is 5.13 Å². The van der Waals surface area contributed by atoms with Crippen LogP contribution in [0.25, 0.3) is 0 Å². The molecule has 2 rings (SSSR count). The minimum Gasteiger partial charge on any atom is -0.391 e. The molecule has 17 heavy (non-hydrogen) atoms. The molecule has 0 amide bonds. The first kappa shape index (κ1) is 12.0. The Morgan fingerprint density at radius 2 is 2.12 bits per heavy atom. The molecular formula is C12H15N3OS. The van der Waals surface area contributed by atoms with Crippen molar-refractivity contribution in [2.45, 2.75) is 13.0 Å². The highest BCUT2D eigenvalue weighted by Gasteiger charge is 2.06. The maximum Gasteiger partial charge on any atom is 0.185 e. The van der Waals surface area contributed by atoms with Gasteiger partial charge in [-0.1, -0.05) is 11.3 Å². The summed E-state index contributed by atoms with van der Waals surface area (Å²) in [6.07, 6.45) is 6.31. The SMILES string of the molecule is CN(CCc1ccncc1)c1ncc(CO)s1. The van der Waals surface area contributed by atoms with E-state index in [1.807, 2.05) is 31.6 Å². The summed E-state index contributed by atoms with van der Waals surface area (Å²) in [7, 11) is 2.02. The number of pyridine rings is 1. The number of thiazole rings is 1. The Morgan fingerprint density at radius 3 is 2.76 bits per heavy atom. The number of aromatic nitrogens is 2. The zero-order valence-electron chi connectivity index (χ0n) is 9.71. The Morgan fingerprint density at radius 1 is 1.35 bits per heavy atom. The normalized spacial score (nSPS) is 10.5. The van der Waals surface area contributed by atoms with Crippen LogP contribution in [0.1, 0.15) is 10.4 Å². The van der Waals surface area contributed by atoms with Crippen molar-refractivity contribution in [3.63, 3.8) is 0 Å². The van der Waals surface area contributed by atoms with Crippen LogP contribution in [0.15, 0.2) is 30.7 Å². The molecule has 0 atom stereocenters. The first-order valence-corrected chi connectivity index (χ1v) is 6.27. The molecule has 1 N–H and O–H groups in total. The summed E-state index contributed by atoms with van der Waals surface area (Å²) in [5, 5.41) is 9.93. The van der Waals surface area contributed by atoms with Crippen LogP contribution >= 0.6 is 11.3 Å². The monoisotopic (exact) mass is 249 g/mol. The standard InChI is InChI=1S/C12H15N3OS/c1-15(12-14-8-11(9-16)17-12)7-4-10-2-5-13-6-3-10/h2-3,5-6,8,16H,4,7,9H2,1H3. The van der Waals surface area contributed by atoms with E-state index in [1.165, 1.54) is 16.9 Å². The number of hydrogen-bond acceptors (Lipinski definition) is 5. The Labute approximate surface area is 105 Å². The molecule has 4 nitrogen and oxygen atoms in total. The quantitative estimate of drug-likeness (QED) is 0.876. The van der Waals surface area contributed by atoms with E-state index in [4.69, 9.17) is 5.11 Å². The second-order valence-electron chi connectivity index (χ2n) is 3.79. The molecule has 0 fully saturated rings. The molecule has 0 aliphatic heterocycles. The third kappa shape index (κ3) is 3.25. The smallest absolute Gasteiger partial charge is 0.185 e. The molecule has 0 aliphatic rings. The average Bonchev–Trinajstić information content (AvgIpc) is 2.86. The van der Waals surface area contributed by atoms with Crippen LogP contribution in [-0.2, 0) is 13.0 Å². The van der Waals surface area contributed by atoms with Crippen molar-refractivity contribution in [1.82, 2.24) is 9.97 Å². The van der Waals surface area contributed by atoms with Gasteiger partial charge in [-0.3, -0.25) is 4.98 Å². The molecule has 2 aromatic rings. The van der Waals surface area contributed by atoms with E-state index < -0.39 is 0 Å². The van der Waals surface area contributed by atoms with Crippen molar-refractivity contribution < 1.29 is 5.11 Å². The zero-order chi connectivity index (χ0) is 12.1. The molecule has 90 valence electrons. The predicted octanol–water partition coefficient (Wildman–Crippen LogP) is 1.71. The van der Waals surface area contributed by atoms with Crippen molar-refractivity contribution in [2.24, 2.45) is 0 Å². The van der Waals surface area contributed by atoms with E-state index in [9.17, 15) is 0 Å². The number of aliphatic hydroxyl groups excluding tert-OH is 1. The number of aliphatic hydroxyl groups is 1. The lowest BCUT2D eigenvalue weighted by atomic mass is 10.2. The summed E-state index contributed by atoms with van der Waals surface area (Å²) in [5.41, 5.74) is 1.27. The second-order valence-corrected chi connectivity index (χ2v) is 4.89. The summed E-state index contributed by atoms with van der Waals surface area (Å²) in [6.45, 7) is 0.970. The number of likely N-dealkylation sites (N-methyl/N-ethyl adjacent to an activating group) is 1. The van der Waals surface area contributed by atoms with E-state index in [0.717, 1.165) is 23.0 Å². The van der Waals surface area contributed by atoms with Crippen molar-refractivity contribution in [2.75, 3.05) is 18.5 Å². The molecule has 0 aliphatic carbocycles. The van der Waals surface area contributed by atoms with Gasteiger partial charge in [0.2, 0.25) is 0 Å². The first-order chi connectivity index (χ1) is 8.29. The van der Waals surface area contributed by atoms with Gasteiger partial charge >= 0.3 is 0 Å².